The van der Waals surface area contributed by atoms with Crippen molar-refractivity contribution in [1.29, 1.82) is 0 Å². The van der Waals surface area contributed by atoms with Crippen LogP contribution in [-0.4, -0.2) is 53.8 Å². The van der Waals surface area contributed by atoms with Gasteiger partial charge in [0.1, 0.15) is 18.0 Å². The third kappa shape index (κ3) is 8.59. The van der Waals surface area contributed by atoms with E-state index in [-0.39, 0.29) is 38.5 Å². The van der Waals surface area contributed by atoms with Crippen LogP contribution in [0, 0.1) is 0 Å². The van der Waals surface area contributed by atoms with E-state index in [2.05, 4.69) is 15.8 Å². The fraction of sp³-hybridized carbons (Fsp3) is 0.444. The molecule has 1 atom stereocenters. The van der Waals surface area contributed by atoms with Crippen LogP contribution in [0.3, 0.4) is 0 Å². The summed E-state index contributed by atoms with van der Waals surface area (Å²) in [7, 11) is 0. The fourth-order valence-electron chi connectivity index (χ4n) is 3.60. The van der Waals surface area contributed by atoms with Gasteiger partial charge in [0.2, 0.25) is 5.90 Å². The molecule has 0 spiro atoms. The zero-order valence-corrected chi connectivity index (χ0v) is 23.2. The lowest BCUT2D eigenvalue weighted by molar-refractivity contribution is -0.155. The van der Waals surface area contributed by atoms with Crippen molar-refractivity contribution in [3.05, 3.63) is 63.6 Å². The monoisotopic (exact) mass is 565 g/mol. The molecule has 2 aromatic rings. The number of benzene rings is 2. The molecule has 0 bridgehead atoms. The van der Waals surface area contributed by atoms with Gasteiger partial charge in [0.05, 0.1) is 6.61 Å². The summed E-state index contributed by atoms with van der Waals surface area (Å²) in [6.45, 7) is 6.00. The number of hydrogen-bond donors (Lipinski definition) is 3. The summed E-state index contributed by atoms with van der Waals surface area (Å²) >= 11 is 12.2. The molecule has 0 fully saturated rings. The SMILES string of the molecule is CC(C)(C)OC(=O)CC[C@@]1(C(=O)NNCc2ccc(Cl)cc2Cl)COC(c2ccc(OCCCO)cc2)=N1. The highest BCUT2D eigenvalue weighted by atomic mass is 35.5. The lowest BCUT2D eigenvalue weighted by atomic mass is 9.94. The van der Waals surface area contributed by atoms with Crippen molar-refractivity contribution in [2.45, 2.75) is 57.7 Å². The highest BCUT2D eigenvalue weighted by Crippen LogP contribution is 2.29. The molecule has 206 valence electrons. The Bertz CT molecular complexity index is 1150. The summed E-state index contributed by atoms with van der Waals surface area (Å²) in [5, 5.41) is 9.88. The maximum Gasteiger partial charge on any atom is 0.306 e. The molecule has 9 nitrogen and oxygen atoms in total. The number of rotatable bonds is 12. The molecule has 1 aliphatic heterocycles. The standard InChI is InChI=1S/C27H33Cl2N3O6/c1-26(2,3)38-23(34)11-12-27(25(35)32-30-16-19-5-8-20(28)15-22(19)29)17-37-24(31-27)18-6-9-21(10-7-18)36-14-4-13-33/h5-10,15,30,33H,4,11-14,16-17H2,1-3H3,(H,32,35)/t27-/m0/s1. The van der Waals surface area contributed by atoms with Crippen LogP contribution >= 0.6 is 23.2 Å². The molecular weight excluding hydrogens is 533 g/mol. The van der Waals surface area contributed by atoms with Crippen LogP contribution in [0.15, 0.2) is 47.5 Å². The first kappa shape index (κ1) is 29.7. The lowest BCUT2D eigenvalue weighted by Crippen LogP contribution is -2.51. The van der Waals surface area contributed by atoms with Crippen molar-refractivity contribution in [3.8, 4) is 5.75 Å². The maximum atomic E-state index is 13.4. The number of ether oxygens (including phenoxy) is 3. The topological polar surface area (TPSA) is 118 Å². The van der Waals surface area contributed by atoms with Crippen molar-refractivity contribution in [2.24, 2.45) is 4.99 Å². The Hall–Kier alpha value is -2.85. The second kappa shape index (κ2) is 13.3. The van der Waals surface area contributed by atoms with Gasteiger partial charge < -0.3 is 19.3 Å². The molecule has 3 rings (SSSR count). The van der Waals surface area contributed by atoms with E-state index in [1.165, 1.54) is 0 Å². The number of hydrazine groups is 1. The van der Waals surface area contributed by atoms with Crippen molar-refractivity contribution in [2.75, 3.05) is 19.8 Å². The molecule has 1 amide bonds. The van der Waals surface area contributed by atoms with Crippen molar-refractivity contribution >= 4 is 41.0 Å². The van der Waals surface area contributed by atoms with Crippen molar-refractivity contribution in [3.63, 3.8) is 0 Å². The fourth-order valence-corrected chi connectivity index (χ4v) is 4.08. The predicted molar refractivity (Wildman–Crippen MR) is 145 cm³/mol. The number of esters is 1. The zero-order chi connectivity index (χ0) is 27.8. The molecule has 11 heteroatoms. The normalized spacial score (nSPS) is 16.9. The molecule has 2 aromatic carbocycles. The second-order valence-corrected chi connectivity index (χ2v) is 10.7. The van der Waals surface area contributed by atoms with Gasteiger partial charge in [0, 0.05) is 41.6 Å². The summed E-state index contributed by atoms with van der Waals surface area (Å²) in [5.74, 6) is 0.0375. The Morgan fingerprint density at radius 3 is 2.55 bits per heavy atom. The largest absolute Gasteiger partial charge is 0.494 e. The summed E-state index contributed by atoms with van der Waals surface area (Å²) in [5.41, 5.74) is 4.96. The molecule has 0 aliphatic carbocycles. The zero-order valence-electron chi connectivity index (χ0n) is 21.7. The smallest absolute Gasteiger partial charge is 0.306 e. The number of aliphatic hydroxyl groups is 1. The second-order valence-electron chi connectivity index (χ2n) is 9.82. The third-order valence-electron chi connectivity index (χ3n) is 5.52. The highest BCUT2D eigenvalue weighted by Gasteiger charge is 2.45. The van der Waals surface area contributed by atoms with Crippen LogP contribution in [0.25, 0.3) is 0 Å². The number of carbonyl (C=O) groups is 2. The average molecular weight is 566 g/mol. The number of hydrogen-bond acceptors (Lipinski definition) is 8. The van der Waals surface area contributed by atoms with Crippen LogP contribution in [0.5, 0.6) is 5.75 Å². The number of aliphatic hydroxyl groups excluding tert-OH is 1. The molecule has 38 heavy (non-hydrogen) atoms. The van der Waals surface area contributed by atoms with Gasteiger partial charge >= 0.3 is 5.97 Å². The van der Waals surface area contributed by atoms with Gasteiger partial charge in [0.15, 0.2) is 5.54 Å². The van der Waals surface area contributed by atoms with E-state index in [1.54, 1.807) is 63.2 Å². The summed E-state index contributed by atoms with van der Waals surface area (Å²) in [4.78, 5) is 30.4. The third-order valence-corrected chi connectivity index (χ3v) is 6.10. The highest BCUT2D eigenvalue weighted by molar-refractivity contribution is 6.35. The Balaban J connectivity index is 1.73. The van der Waals surface area contributed by atoms with Gasteiger partial charge in [-0.15, -0.1) is 0 Å². The molecule has 0 radical (unpaired) electrons. The Morgan fingerprint density at radius 2 is 1.89 bits per heavy atom. The quantitative estimate of drug-likeness (QED) is 0.200. The summed E-state index contributed by atoms with van der Waals surface area (Å²) < 4.78 is 16.8. The van der Waals surface area contributed by atoms with E-state index < -0.39 is 23.0 Å². The van der Waals surface area contributed by atoms with Gasteiger partial charge in [0.25, 0.3) is 5.91 Å². The number of nitrogens with one attached hydrogen (secondary N) is 2. The van der Waals surface area contributed by atoms with Gasteiger partial charge in [-0.3, -0.25) is 15.0 Å². The summed E-state index contributed by atoms with van der Waals surface area (Å²) in [6, 6.07) is 12.2. The van der Waals surface area contributed by atoms with Crippen LogP contribution in [0.4, 0.5) is 0 Å². The maximum absolute atomic E-state index is 13.4. The molecule has 0 saturated heterocycles. The molecule has 3 N–H and O–H groups in total. The van der Waals surface area contributed by atoms with E-state index in [1.807, 2.05) is 0 Å². The minimum absolute atomic E-state index is 0.0223. The Morgan fingerprint density at radius 1 is 1.16 bits per heavy atom. The first-order valence-corrected chi connectivity index (χ1v) is 13.0. The van der Waals surface area contributed by atoms with Crippen LogP contribution < -0.4 is 15.6 Å². The predicted octanol–water partition coefficient (Wildman–Crippen LogP) is 4.21. The number of amides is 1. The van der Waals surface area contributed by atoms with E-state index in [0.717, 1.165) is 5.56 Å². The number of aliphatic imine (C=N–C) groups is 1. The van der Waals surface area contributed by atoms with Gasteiger partial charge in [-0.25, -0.2) is 10.4 Å². The first-order chi connectivity index (χ1) is 18.0. The van der Waals surface area contributed by atoms with Crippen LogP contribution in [-0.2, 0) is 25.6 Å². The van der Waals surface area contributed by atoms with Gasteiger partial charge in [-0.1, -0.05) is 29.3 Å². The van der Waals surface area contributed by atoms with Crippen molar-refractivity contribution in [1.82, 2.24) is 10.9 Å². The molecule has 0 saturated carbocycles. The summed E-state index contributed by atoms with van der Waals surface area (Å²) in [6.07, 6.45) is 0.597. The average Bonchev–Trinajstić information content (AvgIpc) is 3.29. The molecule has 0 aromatic heterocycles. The first-order valence-electron chi connectivity index (χ1n) is 12.3. The van der Waals surface area contributed by atoms with Crippen molar-refractivity contribution < 1.29 is 28.9 Å². The molecule has 1 aliphatic rings. The number of halogens is 2. The minimum atomic E-state index is -1.35. The van der Waals surface area contributed by atoms with E-state index in [4.69, 9.17) is 42.5 Å². The van der Waals surface area contributed by atoms with Crippen LogP contribution in [0.2, 0.25) is 10.0 Å². The van der Waals surface area contributed by atoms with E-state index in [9.17, 15) is 9.59 Å². The van der Waals surface area contributed by atoms with Gasteiger partial charge in [-0.2, -0.15) is 0 Å². The van der Waals surface area contributed by atoms with E-state index >= 15 is 0 Å². The minimum Gasteiger partial charge on any atom is -0.494 e. The van der Waals surface area contributed by atoms with Gasteiger partial charge in [-0.05, 0) is 69.2 Å². The Labute approximate surface area is 232 Å². The molecule has 0 unspecified atom stereocenters. The Kier molecular flexibility index (Phi) is 10.4. The number of nitrogens with zero attached hydrogens (tertiary/aromatic N) is 1. The lowest BCUT2D eigenvalue weighted by Gasteiger charge is -2.24. The number of carbonyl (C=O) groups excluding carboxylic acids is 2. The molecular formula is C27H33Cl2N3O6. The molecule has 1 heterocycles. The van der Waals surface area contributed by atoms with E-state index in [0.29, 0.717) is 34.4 Å². The van der Waals surface area contributed by atoms with Crippen LogP contribution in [0.1, 0.15) is 51.2 Å².